The maximum Gasteiger partial charge on any atom is 0.341 e. The number of nitrogens with one attached hydrogen (secondary N) is 1. The first-order valence-electron chi connectivity index (χ1n) is 8.86. The molecule has 6 heteroatoms. The molecule has 1 N–H and O–H groups in total. The Morgan fingerprint density at radius 1 is 1.19 bits per heavy atom. The molecular weight excluding hydrogens is 340 g/mol. The van der Waals surface area contributed by atoms with Crippen molar-refractivity contribution in [3.8, 4) is 17.1 Å². The van der Waals surface area contributed by atoms with Gasteiger partial charge in [-0.2, -0.15) is 5.10 Å². The van der Waals surface area contributed by atoms with E-state index in [2.05, 4.69) is 36.1 Å². The van der Waals surface area contributed by atoms with E-state index in [-0.39, 0.29) is 5.97 Å². The quantitative estimate of drug-likeness (QED) is 0.553. The predicted octanol–water partition coefficient (Wildman–Crippen LogP) is 4.21. The molecule has 3 heterocycles. The number of hydrogen-bond donors (Lipinski definition) is 1. The number of benzene rings is 1. The summed E-state index contributed by atoms with van der Waals surface area (Å²) >= 11 is 0. The third kappa shape index (κ3) is 2.99. The summed E-state index contributed by atoms with van der Waals surface area (Å²) in [7, 11) is 0. The lowest BCUT2D eigenvalue weighted by Crippen LogP contribution is -2.03. The monoisotopic (exact) mass is 360 g/mol. The molecular formula is C21H20N4O2. The van der Waals surface area contributed by atoms with Crippen molar-refractivity contribution in [1.82, 2.24) is 19.7 Å². The van der Waals surface area contributed by atoms with Crippen LogP contribution in [-0.2, 0) is 4.74 Å². The third-order valence-corrected chi connectivity index (χ3v) is 4.68. The van der Waals surface area contributed by atoms with Crippen molar-refractivity contribution < 1.29 is 9.53 Å². The number of aromatic nitrogens is 4. The topological polar surface area (TPSA) is 72.8 Å². The molecule has 4 rings (SSSR count). The molecule has 3 aromatic heterocycles. The number of H-pyrrole nitrogens is 1. The number of ether oxygens (including phenoxy) is 1. The lowest BCUT2D eigenvalue weighted by Gasteiger charge is -2.06. The van der Waals surface area contributed by atoms with E-state index in [0.717, 1.165) is 22.5 Å². The second kappa shape index (κ2) is 6.72. The van der Waals surface area contributed by atoms with Gasteiger partial charge in [-0.25, -0.2) is 14.5 Å². The Balaban J connectivity index is 1.76. The molecule has 0 unspecified atom stereocenters. The van der Waals surface area contributed by atoms with Gasteiger partial charge in [0.1, 0.15) is 0 Å². The summed E-state index contributed by atoms with van der Waals surface area (Å²) in [5.41, 5.74) is 5.75. The van der Waals surface area contributed by atoms with Crippen LogP contribution in [0.3, 0.4) is 0 Å². The van der Waals surface area contributed by atoms with Crippen molar-refractivity contribution in [3.63, 3.8) is 0 Å². The summed E-state index contributed by atoms with van der Waals surface area (Å²) < 4.78 is 6.60. The van der Waals surface area contributed by atoms with Gasteiger partial charge in [-0.1, -0.05) is 24.3 Å². The van der Waals surface area contributed by atoms with Crippen molar-refractivity contribution in [2.75, 3.05) is 6.61 Å². The lowest BCUT2D eigenvalue weighted by atomic mass is 10.1. The summed E-state index contributed by atoms with van der Waals surface area (Å²) in [5.74, 6) is 0.252. The molecule has 136 valence electrons. The number of pyridine rings is 1. The number of carbonyl (C=O) groups excluding carboxylic acids is 1. The van der Waals surface area contributed by atoms with E-state index in [1.54, 1.807) is 17.8 Å². The lowest BCUT2D eigenvalue weighted by molar-refractivity contribution is 0.0526. The zero-order chi connectivity index (χ0) is 19.0. The minimum Gasteiger partial charge on any atom is -0.462 e. The maximum absolute atomic E-state index is 11.9. The Morgan fingerprint density at radius 2 is 2.00 bits per heavy atom. The van der Waals surface area contributed by atoms with E-state index in [0.29, 0.717) is 18.0 Å². The molecule has 0 aliphatic carbocycles. The summed E-state index contributed by atoms with van der Waals surface area (Å²) in [6.07, 6.45) is 3.12. The van der Waals surface area contributed by atoms with Crippen LogP contribution in [0.25, 0.3) is 28.0 Å². The zero-order valence-electron chi connectivity index (χ0n) is 15.5. The van der Waals surface area contributed by atoms with Gasteiger partial charge in [0.2, 0.25) is 0 Å². The van der Waals surface area contributed by atoms with E-state index in [1.165, 1.54) is 17.1 Å². The standard InChI is InChI=1S/C21H20N4O2/c1-4-27-21(26)15-11-22-25(12-15)19-10-6-9-18(24-19)17-8-5-7-16-13(2)14(3)23-20(16)17/h5-12,23H,4H2,1-3H3. The van der Waals surface area contributed by atoms with Gasteiger partial charge in [-0.05, 0) is 38.5 Å². The van der Waals surface area contributed by atoms with Crippen LogP contribution in [0.2, 0.25) is 0 Å². The van der Waals surface area contributed by atoms with E-state index in [1.807, 2.05) is 24.3 Å². The van der Waals surface area contributed by atoms with Crippen molar-refractivity contribution >= 4 is 16.9 Å². The predicted molar refractivity (Wildman–Crippen MR) is 104 cm³/mol. The molecule has 0 saturated carbocycles. The van der Waals surface area contributed by atoms with Crippen LogP contribution < -0.4 is 0 Å². The number of fused-ring (bicyclic) bond motifs is 1. The molecule has 0 aliphatic heterocycles. The summed E-state index contributed by atoms with van der Waals surface area (Å²) in [4.78, 5) is 20.1. The van der Waals surface area contributed by atoms with Crippen molar-refractivity contribution in [3.05, 3.63) is 65.6 Å². The molecule has 6 nitrogen and oxygen atoms in total. The van der Waals surface area contributed by atoms with Gasteiger partial charge in [-0.3, -0.25) is 0 Å². The Hall–Kier alpha value is -3.41. The van der Waals surface area contributed by atoms with E-state index in [9.17, 15) is 4.79 Å². The van der Waals surface area contributed by atoms with Gasteiger partial charge in [0.15, 0.2) is 5.82 Å². The van der Waals surface area contributed by atoms with Crippen molar-refractivity contribution in [2.24, 2.45) is 0 Å². The summed E-state index contributed by atoms with van der Waals surface area (Å²) in [6.45, 7) is 6.29. The Labute approximate surface area is 156 Å². The molecule has 0 atom stereocenters. The highest BCUT2D eigenvalue weighted by molar-refractivity contribution is 5.96. The van der Waals surface area contributed by atoms with E-state index < -0.39 is 0 Å². The molecule has 0 saturated heterocycles. The molecule has 4 aromatic rings. The van der Waals surface area contributed by atoms with E-state index in [4.69, 9.17) is 9.72 Å². The fraction of sp³-hybridized carbons (Fsp3) is 0.190. The Kier molecular flexibility index (Phi) is 4.24. The minimum absolute atomic E-state index is 0.330. The second-order valence-corrected chi connectivity index (χ2v) is 6.38. The number of aryl methyl sites for hydroxylation is 2. The second-order valence-electron chi connectivity index (χ2n) is 6.38. The molecule has 0 bridgehead atoms. The van der Waals surface area contributed by atoms with Crippen LogP contribution in [0, 0.1) is 13.8 Å². The van der Waals surface area contributed by atoms with E-state index >= 15 is 0 Å². The van der Waals surface area contributed by atoms with Gasteiger partial charge in [-0.15, -0.1) is 0 Å². The number of hydrogen-bond acceptors (Lipinski definition) is 4. The van der Waals surface area contributed by atoms with Crippen LogP contribution in [0.15, 0.2) is 48.8 Å². The summed E-state index contributed by atoms with van der Waals surface area (Å²) in [5, 5.41) is 5.45. The highest BCUT2D eigenvalue weighted by Crippen LogP contribution is 2.30. The average Bonchev–Trinajstić information content (AvgIpc) is 3.28. The first kappa shape index (κ1) is 17.0. The highest BCUT2D eigenvalue weighted by atomic mass is 16.5. The van der Waals surface area contributed by atoms with Gasteiger partial charge in [0.05, 0.1) is 29.6 Å². The first-order valence-corrected chi connectivity index (χ1v) is 8.86. The summed E-state index contributed by atoms with van der Waals surface area (Å²) in [6, 6.07) is 12.0. The molecule has 1 aromatic carbocycles. The Bertz CT molecular complexity index is 1140. The van der Waals surface area contributed by atoms with Crippen molar-refractivity contribution in [2.45, 2.75) is 20.8 Å². The third-order valence-electron chi connectivity index (χ3n) is 4.68. The highest BCUT2D eigenvalue weighted by Gasteiger charge is 2.13. The molecule has 0 aliphatic rings. The number of nitrogens with zero attached hydrogens (tertiary/aromatic N) is 3. The molecule has 0 amide bonds. The maximum atomic E-state index is 11.9. The molecule has 27 heavy (non-hydrogen) atoms. The SMILES string of the molecule is CCOC(=O)c1cnn(-c2cccc(-c3cccc4c(C)c(C)[nH]c34)n2)c1. The van der Waals surface area contributed by atoms with Crippen LogP contribution in [0.1, 0.15) is 28.5 Å². The van der Waals surface area contributed by atoms with Gasteiger partial charge >= 0.3 is 5.97 Å². The molecule has 0 radical (unpaired) electrons. The number of carbonyl (C=O) groups is 1. The number of para-hydroxylation sites is 1. The number of aromatic amines is 1. The number of esters is 1. The largest absolute Gasteiger partial charge is 0.462 e. The van der Waals surface area contributed by atoms with Crippen LogP contribution in [0.5, 0.6) is 0 Å². The average molecular weight is 360 g/mol. The van der Waals surface area contributed by atoms with Crippen molar-refractivity contribution in [1.29, 1.82) is 0 Å². The minimum atomic E-state index is -0.387. The fourth-order valence-electron chi connectivity index (χ4n) is 3.16. The van der Waals surface area contributed by atoms with Crippen LogP contribution in [-0.4, -0.2) is 32.3 Å². The van der Waals surface area contributed by atoms with Crippen LogP contribution >= 0.6 is 0 Å². The zero-order valence-corrected chi connectivity index (χ0v) is 15.5. The Morgan fingerprint density at radius 3 is 2.81 bits per heavy atom. The molecule has 0 spiro atoms. The van der Waals surface area contributed by atoms with Gasteiger partial charge in [0, 0.05) is 22.8 Å². The smallest absolute Gasteiger partial charge is 0.341 e. The van der Waals surface area contributed by atoms with Gasteiger partial charge in [0.25, 0.3) is 0 Å². The van der Waals surface area contributed by atoms with Gasteiger partial charge < -0.3 is 9.72 Å². The van der Waals surface area contributed by atoms with Crippen LogP contribution in [0.4, 0.5) is 0 Å². The molecule has 0 fully saturated rings. The number of rotatable bonds is 4. The fourth-order valence-corrected chi connectivity index (χ4v) is 3.16. The normalized spacial score (nSPS) is 11.1. The first-order chi connectivity index (χ1) is 13.1.